The van der Waals surface area contributed by atoms with E-state index in [1.807, 2.05) is 35.8 Å². The zero-order valence-electron chi connectivity index (χ0n) is 9.47. The molecule has 0 aliphatic rings. The summed E-state index contributed by atoms with van der Waals surface area (Å²) in [5, 5.41) is 9.23. The molecule has 16 heavy (non-hydrogen) atoms. The number of carboxylic acid groups (broad SMARTS) is 1. The third-order valence-electron chi connectivity index (χ3n) is 2.75. The fourth-order valence-corrected chi connectivity index (χ4v) is 2.09. The maximum atomic E-state index is 11.2. The fourth-order valence-electron chi connectivity index (χ4n) is 2.09. The monoisotopic (exact) mass is 219 g/mol. The van der Waals surface area contributed by atoms with E-state index in [1.54, 1.807) is 11.6 Å². The van der Waals surface area contributed by atoms with Crippen molar-refractivity contribution >= 4 is 17.0 Å². The molecule has 0 fully saturated rings. The number of fused-ring (bicyclic) bond motifs is 1. The normalized spacial score (nSPS) is 10.9. The molecule has 0 saturated heterocycles. The lowest BCUT2D eigenvalue weighted by Crippen LogP contribution is -2.36. The van der Waals surface area contributed by atoms with Crippen LogP contribution >= 0.6 is 0 Å². The van der Waals surface area contributed by atoms with E-state index in [1.165, 1.54) is 0 Å². The lowest BCUT2D eigenvalue weighted by atomic mass is 10.3. The van der Waals surface area contributed by atoms with Gasteiger partial charge in [-0.2, -0.15) is 0 Å². The van der Waals surface area contributed by atoms with Gasteiger partial charge in [0.05, 0.1) is 13.6 Å². The van der Waals surface area contributed by atoms with Gasteiger partial charge in [-0.1, -0.05) is 19.1 Å². The molecule has 0 aliphatic heterocycles. The molecule has 1 aromatic carbocycles. The van der Waals surface area contributed by atoms with Crippen LogP contribution < -0.4 is 4.57 Å². The van der Waals surface area contributed by atoms with Gasteiger partial charge in [-0.05, 0) is 18.6 Å². The SMILES string of the molecule is CCCn1c(C(=O)O)[n+](C)c2ccccc21. The highest BCUT2D eigenvalue weighted by molar-refractivity contribution is 5.86. The summed E-state index contributed by atoms with van der Waals surface area (Å²) in [5.74, 6) is -0.546. The molecular formula is C12H15N2O2+. The van der Waals surface area contributed by atoms with Crippen LogP contribution in [-0.2, 0) is 13.6 Å². The minimum atomic E-state index is -0.882. The summed E-state index contributed by atoms with van der Waals surface area (Å²) in [4.78, 5) is 11.2. The average molecular weight is 219 g/mol. The Kier molecular flexibility index (Phi) is 2.64. The second kappa shape index (κ2) is 3.96. The summed E-state index contributed by atoms with van der Waals surface area (Å²) in [5.41, 5.74) is 1.93. The molecule has 84 valence electrons. The zero-order chi connectivity index (χ0) is 11.7. The summed E-state index contributed by atoms with van der Waals surface area (Å²) in [7, 11) is 1.79. The molecule has 0 bridgehead atoms. The Morgan fingerprint density at radius 3 is 2.75 bits per heavy atom. The number of aromatic nitrogens is 2. The first-order valence-electron chi connectivity index (χ1n) is 5.37. The lowest BCUT2D eigenvalue weighted by Gasteiger charge is -1.96. The van der Waals surface area contributed by atoms with E-state index in [9.17, 15) is 9.90 Å². The number of hydrogen-bond donors (Lipinski definition) is 1. The molecule has 1 aromatic heterocycles. The highest BCUT2D eigenvalue weighted by Gasteiger charge is 2.27. The predicted octanol–water partition coefficient (Wildman–Crippen LogP) is 1.57. The van der Waals surface area contributed by atoms with Crippen molar-refractivity contribution in [2.45, 2.75) is 19.9 Å². The average Bonchev–Trinajstić information content (AvgIpc) is 2.54. The van der Waals surface area contributed by atoms with Gasteiger partial charge in [0.25, 0.3) is 0 Å². The molecule has 0 radical (unpaired) electrons. The van der Waals surface area contributed by atoms with Crippen molar-refractivity contribution < 1.29 is 14.5 Å². The second-order valence-electron chi connectivity index (χ2n) is 3.83. The Bertz CT molecular complexity index is 543. The van der Waals surface area contributed by atoms with Crippen LogP contribution in [0, 0.1) is 0 Å². The Morgan fingerprint density at radius 1 is 1.44 bits per heavy atom. The van der Waals surface area contributed by atoms with Gasteiger partial charge in [0.1, 0.15) is 0 Å². The van der Waals surface area contributed by atoms with Crippen molar-refractivity contribution in [1.82, 2.24) is 4.57 Å². The van der Waals surface area contributed by atoms with E-state index in [-0.39, 0.29) is 0 Å². The Morgan fingerprint density at radius 2 is 2.12 bits per heavy atom. The quantitative estimate of drug-likeness (QED) is 0.796. The highest BCUT2D eigenvalue weighted by Crippen LogP contribution is 2.14. The van der Waals surface area contributed by atoms with Crippen molar-refractivity contribution in [3.8, 4) is 0 Å². The maximum absolute atomic E-state index is 11.2. The summed E-state index contributed by atoms with van der Waals surface area (Å²) in [6.45, 7) is 2.77. The number of benzene rings is 1. The molecule has 0 saturated carbocycles. The zero-order valence-corrected chi connectivity index (χ0v) is 9.47. The third-order valence-corrected chi connectivity index (χ3v) is 2.75. The number of carboxylic acids is 1. The van der Waals surface area contributed by atoms with Crippen molar-refractivity contribution in [1.29, 1.82) is 0 Å². The van der Waals surface area contributed by atoms with Gasteiger partial charge in [-0.15, -0.1) is 0 Å². The smallest absolute Gasteiger partial charge is 0.419 e. The molecule has 4 heteroatoms. The van der Waals surface area contributed by atoms with Gasteiger partial charge in [-0.3, -0.25) is 0 Å². The minimum Gasteiger partial charge on any atom is -0.472 e. The minimum absolute atomic E-state index is 0.336. The molecule has 0 spiro atoms. The third kappa shape index (κ3) is 1.46. The number of aromatic carboxylic acids is 1. The number of rotatable bonds is 3. The molecule has 1 N–H and O–H groups in total. The molecule has 4 nitrogen and oxygen atoms in total. The Balaban J connectivity index is 2.80. The van der Waals surface area contributed by atoms with Crippen LogP contribution in [0.2, 0.25) is 0 Å². The first-order valence-corrected chi connectivity index (χ1v) is 5.37. The van der Waals surface area contributed by atoms with Gasteiger partial charge in [-0.25, -0.2) is 13.9 Å². The molecule has 0 atom stereocenters. The lowest BCUT2D eigenvalue weighted by molar-refractivity contribution is -0.648. The second-order valence-corrected chi connectivity index (χ2v) is 3.83. The van der Waals surface area contributed by atoms with E-state index in [0.29, 0.717) is 5.82 Å². The van der Waals surface area contributed by atoms with Gasteiger partial charge >= 0.3 is 11.8 Å². The maximum Gasteiger partial charge on any atom is 0.419 e. The predicted molar refractivity (Wildman–Crippen MR) is 60.4 cm³/mol. The number of carbonyl (C=O) groups is 1. The van der Waals surface area contributed by atoms with Gasteiger partial charge < -0.3 is 5.11 Å². The van der Waals surface area contributed by atoms with Crippen molar-refractivity contribution in [2.75, 3.05) is 0 Å². The highest BCUT2D eigenvalue weighted by atomic mass is 16.4. The summed E-state index contributed by atoms with van der Waals surface area (Å²) in [6.07, 6.45) is 0.916. The van der Waals surface area contributed by atoms with Crippen LogP contribution in [0.15, 0.2) is 24.3 Å². The Labute approximate surface area is 93.7 Å². The van der Waals surface area contributed by atoms with E-state index < -0.39 is 5.97 Å². The Hall–Kier alpha value is -1.84. The van der Waals surface area contributed by atoms with Crippen LogP contribution in [0.1, 0.15) is 24.0 Å². The van der Waals surface area contributed by atoms with Gasteiger partial charge in [0.15, 0.2) is 11.0 Å². The van der Waals surface area contributed by atoms with Crippen LogP contribution in [0.4, 0.5) is 0 Å². The molecule has 0 aliphatic carbocycles. The van der Waals surface area contributed by atoms with Crippen molar-refractivity contribution in [3.05, 3.63) is 30.1 Å². The van der Waals surface area contributed by atoms with E-state index in [0.717, 1.165) is 24.0 Å². The largest absolute Gasteiger partial charge is 0.472 e. The summed E-state index contributed by atoms with van der Waals surface area (Å²) >= 11 is 0. The van der Waals surface area contributed by atoms with Crippen LogP contribution in [0.3, 0.4) is 0 Å². The number of aryl methyl sites for hydroxylation is 2. The van der Waals surface area contributed by atoms with Crippen LogP contribution in [-0.4, -0.2) is 15.6 Å². The topological polar surface area (TPSA) is 46.1 Å². The first-order chi connectivity index (χ1) is 7.66. The van der Waals surface area contributed by atoms with Crippen molar-refractivity contribution in [2.24, 2.45) is 7.05 Å². The number of hydrogen-bond acceptors (Lipinski definition) is 1. The van der Waals surface area contributed by atoms with Gasteiger partial charge in [0.2, 0.25) is 0 Å². The molecular weight excluding hydrogens is 204 g/mol. The summed E-state index contributed by atoms with van der Waals surface area (Å²) < 4.78 is 3.59. The molecule has 2 rings (SSSR count). The summed E-state index contributed by atoms with van der Waals surface area (Å²) in [6, 6.07) is 7.75. The van der Waals surface area contributed by atoms with Crippen molar-refractivity contribution in [3.63, 3.8) is 0 Å². The van der Waals surface area contributed by atoms with Crippen LogP contribution in [0.5, 0.6) is 0 Å². The van der Waals surface area contributed by atoms with Gasteiger partial charge in [0, 0.05) is 0 Å². The molecule has 0 unspecified atom stereocenters. The number of nitrogens with zero attached hydrogens (tertiary/aromatic N) is 2. The van der Waals surface area contributed by atoms with E-state index in [4.69, 9.17) is 0 Å². The number of imidazole rings is 1. The van der Waals surface area contributed by atoms with E-state index >= 15 is 0 Å². The number of para-hydroxylation sites is 2. The van der Waals surface area contributed by atoms with E-state index in [2.05, 4.69) is 0 Å². The molecule has 2 aromatic rings. The standard InChI is InChI=1S/C12H14N2O2/c1-3-8-14-10-7-5-4-6-9(10)13(2)11(14)12(15)16/h4-7H,3,8H2,1-2H3/p+1. The first kappa shape index (κ1) is 10.7. The molecule has 1 heterocycles. The molecule has 0 amide bonds. The fraction of sp³-hybridized carbons (Fsp3) is 0.333. The van der Waals surface area contributed by atoms with Crippen LogP contribution in [0.25, 0.3) is 11.0 Å².